The molecule has 1 N–H and O–H groups in total. The van der Waals surface area contributed by atoms with Gasteiger partial charge in [0.05, 0.1) is 5.52 Å². The minimum Gasteiger partial charge on any atom is -0.338 e. The molecule has 4 nitrogen and oxygen atoms in total. The second kappa shape index (κ2) is 7.01. The average Bonchev–Trinajstić information content (AvgIpc) is 2.58. The summed E-state index contributed by atoms with van der Waals surface area (Å²) < 4.78 is 2.62. The van der Waals surface area contributed by atoms with Crippen molar-refractivity contribution < 1.29 is 4.79 Å². The fourth-order valence-electron chi connectivity index (χ4n) is 2.72. The van der Waals surface area contributed by atoms with Crippen molar-refractivity contribution in [2.75, 3.05) is 5.32 Å². The highest BCUT2D eigenvalue weighted by atomic mass is 79.9. The van der Waals surface area contributed by atoms with Gasteiger partial charge in [0.2, 0.25) is 5.91 Å². The SMILES string of the molecule is CCc1ccccc1NC(=O)Cn1ccc(=O)c2cc(Br)ccc21. The lowest BCUT2D eigenvalue weighted by Crippen LogP contribution is -2.21. The maximum atomic E-state index is 12.4. The Kier molecular flexibility index (Phi) is 4.81. The third kappa shape index (κ3) is 3.41. The van der Waals surface area contributed by atoms with E-state index >= 15 is 0 Å². The lowest BCUT2D eigenvalue weighted by atomic mass is 10.1. The van der Waals surface area contributed by atoms with Crippen LogP contribution in [0.15, 0.2) is 64.0 Å². The number of nitrogens with zero attached hydrogens (tertiary/aromatic N) is 1. The molecular formula is C19H17BrN2O2. The largest absolute Gasteiger partial charge is 0.338 e. The number of anilines is 1. The summed E-state index contributed by atoms with van der Waals surface area (Å²) >= 11 is 3.37. The maximum absolute atomic E-state index is 12.4. The highest BCUT2D eigenvalue weighted by Gasteiger charge is 2.09. The molecule has 3 rings (SSSR count). The van der Waals surface area contributed by atoms with Crippen LogP contribution in [0.3, 0.4) is 0 Å². The van der Waals surface area contributed by atoms with Crippen molar-refractivity contribution in [3.05, 3.63) is 75.0 Å². The zero-order chi connectivity index (χ0) is 17.1. The molecule has 0 aliphatic carbocycles. The van der Waals surface area contributed by atoms with E-state index in [1.54, 1.807) is 16.8 Å². The van der Waals surface area contributed by atoms with Gasteiger partial charge in [-0.3, -0.25) is 9.59 Å². The van der Waals surface area contributed by atoms with E-state index in [-0.39, 0.29) is 17.9 Å². The summed E-state index contributed by atoms with van der Waals surface area (Å²) in [6.07, 6.45) is 2.51. The number of benzene rings is 2. The van der Waals surface area contributed by atoms with Crippen LogP contribution in [0, 0.1) is 0 Å². The normalized spacial score (nSPS) is 10.8. The van der Waals surface area contributed by atoms with Crippen LogP contribution in [-0.4, -0.2) is 10.5 Å². The molecule has 2 aromatic carbocycles. The quantitative estimate of drug-likeness (QED) is 0.739. The molecule has 0 radical (unpaired) electrons. The smallest absolute Gasteiger partial charge is 0.244 e. The van der Waals surface area contributed by atoms with Gasteiger partial charge in [0, 0.05) is 27.8 Å². The standard InChI is InChI=1S/C19H17BrN2O2/c1-2-13-5-3-4-6-16(13)21-19(24)12-22-10-9-18(23)15-11-14(20)7-8-17(15)22/h3-11H,2,12H2,1H3,(H,21,24). The van der Waals surface area contributed by atoms with Crippen LogP contribution < -0.4 is 10.7 Å². The summed E-state index contributed by atoms with van der Waals surface area (Å²) in [5.74, 6) is -0.122. The van der Waals surface area contributed by atoms with Gasteiger partial charge < -0.3 is 9.88 Å². The number of aromatic nitrogens is 1. The van der Waals surface area contributed by atoms with E-state index in [1.807, 2.05) is 36.4 Å². The Bertz CT molecular complexity index is 963. The van der Waals surface area contributed by atoms with Crippen LogP contribution in [0.25, 0.3) is 10.9 Å². The number of halogens is 1. The highest BCUT2D eigenvalue weighted by Crippen LogP contribution is 2.18. The predicted molar refractivity (Wildman–Crippen MR) is 100 cm³/mol. The molecule has 0 atom stereocenters. The number of fused-ring (bicyclic) bond motifs is 1. The number of pyridine rings is 1. The van der Waals surface area contributed by atoms with Gasteiger partial charge in [-0.2, -0.15) is 0 Å². The number of para-hydroxylation sites is 1. The van der Waals surface area contributed by atoms with Crippen LogP contribution in [0.5, 0.6) is 0 Å². The molecule has 0 spiro atoms. The first-order valence-corrected chi connectivity index (χ1v) is 8.54. The van der Waals surface area contributed by atoms with Crippen molar-refractivity contribution in [3.63, 3.8) is 0 Å². The van der Waals surface area contributed by atoms with Gasteiger partial charge >= 0.3 is 0 Å². The second-order valence-electron chi connectivity index (χ2n) is 5.53. The topological polar surface area (TPSA) is 51.1 Å². The predicted octanol–water partition coefficient (Wildman–Crippen LogP) is 3.97. The lowest BCUT2D eigenvalue weighted by molar-refractivity contribution is -0.116. The molecule has 0 aliphatic heterocycles. The van der Waals surface area contributed by atoms with Gasteiger partial charge in [0.15, 0.2) is 5.43 Å². The summed E-state index contributed by atoms with van der Waals surface area (Å²) in [5.41, 5.74) is 2.61. The maximum Gasteiger partial charge on any atom is 0.244 e. The Morgan fingerprint density at radius 2 is 1.96 bits per heavy atom. The first-order valence-electron chi connectivity index (χ1n) is 7.75. The van der Waals surface area contributed by atoms with E-state index in [4.69, 9.17) is 0 Å². The Morgan fingerprint density at radius 1 is 1.17 bits per heavy atom. The van der Waals surface area contributed by atoms with E-state index in [2.05, 4.69) is 28.2 Å². The summed E-state index contributed by atoms with van der Waals surface area (Å²) in [4.78, 5) is 24.4. The van der Waals surface area contributed by atoms with Gasteiger partial charge in [-0.1, -0.05) is 41.1 Å². The zero-order valence-electron chi connectivity index (χ0n) is 13.3. The monoisotopic (exact) mass is 384 g/mol. The lowest BCUT2D eigenvalue weighted by Gasteiger charge is -2.13. The van der Waals surface area contributed by atoms with Crippen LogP contribution in [0.1, 0.15) is 12.5 Å². The van der Waals surface area contributed by atoms with Crippen LogP contribution in [-0.2, 0) is 17.8 Å². The number of aryl methyl sites for hydroxylation is 1. The molecule has 1 heterocycles. The Morgan fingerprint density at radius 3 is 2.75 bits per heavy atom. The third-order valence-corrected chi connectivity index (χ3v) is 4.42. The fraction of sp³-hybridized carbons (Fsp3) is 0.158. The Labute approximate surface area is 148 Å². The van der Waals surface area contributed by atoms with Crippen molar-refractivity contribution in [3.8, 4) is 0 Å². The van der Waals surface area contributed by atoms with Crippen molar-refractivity contribution in [1.29, 1.82) is 0 Å². The zero-order valence-corrected chi connectivity index (χ0v) is 14.8. The Balaban J connectivity index is 1.89. The van der Waals surface area contributed by atoms with Crippen molar-refractivity contribution in [1.82, 2.24) is 4.57 Å². The number of amides is 1. The minimum atomic E-state index is -0.122. The summed E-state index contributed by atoms with van der Waals surface area (Å²) in [7, 11) is 0. The molecule has 1 aromatic heterocycles. The molecule has 3 aromatic rings. The summed E-state index contributed by atoms with van der Waals surface area (Å²) in [6, 6.07) is 14.7. The number of hydrogen-bond donors (Lipinski definition) is 1. The highest BCUT2D eigenvalue weighted by molar-refractivity contribution is 9.10. The number of carbonyl (C=O) groups is 1. The summed E-state index contributed by atoms with van der Waals surface area (Å²) in [6.45, 7) is 2.20. The van der Waals surface area contributed by atoms with Crippen LogP contribution in [0.2, 0.25) is 0 Å². The van der Waals surface area contributed by atoms with Gasteiger partial charge in [-0.25, -0.2) is 0 Å². The van der Waals surface area contributed by atoms with Crippen LogP contribution in [0.4, 0.5) is 5.69 Å². The van der Waals surface area contributed by atoms with E-state index in [0.717, 1.165) is 27.7 Å². The first kappa shape index (κ1) is 16.5. The second-order valence-corrected chi connectivity index (χ2v) is 6.44. The fourth-order valence-corrected chi connectivity index (χ4v) is 3.08. The molecular weight excluding hydrogens is 368 g/mol. The molecule has 0 bridgehead atoms. The molecule has 5 heteroatoms. The van der Waals surface area contributed by atoms with Gasteiger partial charge in [0.1, 0.15) is 6.54 Å². The van der Waals surface area contributed by atoms with E-state index in [9.17, 15) is 9.59 Å². The molecule has 0 saturated heterocycles. The molecule has 0 aliphatic rings. The van der Waals surface area contributed by atoms with Gasteiger partial charge in [-0.05, 0) is 36.2 Å². The molecule has 122 valence electrons. The number of carbonyl (C=O) groups excluding carboxylic acids is 1. The minimum absolute atomic E-state index is 0.0562. The molecule has 0 fully saturated rings. The van der Waals surface area contributed by atoms with Gasteiger partial charge in [0.25, 0.3) is 0 Å². The van der Waals surface area contributed by atoms with Gasteiger partial charge in [-0.15, -0.1) is 0 Å². The average molecular weight is 385 g/mol. The first-order chi connectivity index (χ1) is 11.6. The summed E-state index contributed by atoms with van der Waals surface area (Å²) in [5, 5.41) is 3.54. The number of nitrogens with one attached hydrogen (secondary N) is 1. The molecule has 0 unspecified atom stereocenters. The molecule has 24 heavy (non-hydrogen) atoms. The van der Waals surface area contributed by atoms with E-state index < -0.39 is 0 Å². The van der Waals surface area contributed by atoms with Crippen LogP contribution >= 0.6 is 15.9 Å². The number of rotatable bonds is 4. The van der Waals surface area contributed by atoms with Crippen molar-refractivity contribution >= 4 is 38.4 Å². The Hall–Kier alpha value is -2.40. The molecule has 1 amide bonds. The van der Waals surface area contributed by atoms with Crippen molar-refractivity contribution in [2.24, 2.45) is 0 Å². The van der Waals surface area contributed by atoms with Crippen molar-refractivity contribution in [2.45, 2.75) is 19.9 Å². The third-order valence-electron chi connectivity index (χ3n) is 3.93. The van der Waals surface area contributed by atoms with E-state index in [1.165, 1.54) is 6.07 Å². The van der Waals surface area contributed by atoms with E-state index in [0.29, 0.717) is 5.39 Å². The number of hydrogen-bond acceptors (Lipinski definition) is 2. The molecule has 0 saturated carbocycles.